The summed E-state index contributed by atoms with van der Waals surface area (Å²) in [6.45, 7) is 6.31. The minimum Gasteiger partial charge on any atom is -0.339 e. The topological polar surface area (TPSA) is 37.8 Å². The van der Waals surface area contributed by atoms with Crippen LogP contribution in [0, 0.1) is 20.8 Å². The Balaban J connectivity index is 1.88. The zero-order valence-corrected chi connectivity index (χ0v) is 16.4. The minimum absolute atomic E-state index is 0.698. The van der Waals surface area contributed by atoms with E-state index < -0.39 is 0 Å². The fourth-order valence-corrected chi connectivity index (χ4v) is 4.22. The Morgan fingerprint density at radius 2 is 1.77 bits per heavy atom. The summed E-state index contributed by atoms with van der Waals surface area (Å²) in [5, 5.41) is 7.36. The minimum atomic E-state index is 0.698. The standard InChI is InChI=1S/C21H18ClN3S/c1-12-4-7-16(14(3)8-12)17-10-26-21-19(17)20(23-11-24-21)25-18-9-15(22)6-5-13(18)2/h4-11H,1-3H3,(H,23,24,25). The smallest absolute Gasteiger partial charge is 0.143 e. The molecular weight excluding hydrogens is 362 g/mol. The summed E-state index contributed by atoms with van der Waals surface area (Å²) in [6, 6.07) is 12.3. The van der Waals surface area contributed by atoms with E-state index in [-0.39, 0.29) is 0 Å². The monoisotopic (exact) mass is 379 g/mol. The quantitative estimate of drug-likeness (QED) is 0.431. The Labute approximate surface area is 161 Å². The maximum Gasteiger partial charge on any atom is 0.143 e. The first-order valence-electron chi connectivity index (χ1n) is 8.36. The van der Waals surface area contributed by atoms with Gasteiger partial charge in [-0.3, -0.25) is 0 Å². The third kappa shape index (κ3) is 3.06. The van der Waals surface area contributed by atoms with E-state index in [1.54, 1.807) is 17.7 Å². The number of nitrogens with one attached hydrogen (secondary N) is 1. The molecule has 26 heavy (non-hydrogen) atoms. The van der Waals surface area contributed by atoms with Crippen molar-refractivity contribution >= 4 is 44.7 Å². The summed E-state index contributed by atoms with van der Waals surface area (Å²) in [6.07, 6.45) is 1.60. The lowest BCUT2D eigenvalue weighted by Gasteiger charge is -2.12. The molecule has 0 aliphatic heterocycles. The molecule has 5 heteroatoms. The van der Waals surface area contributed by atoms with Crippen molar-refractivity contribution in [1.82, 2.24) is 9.97 Å². The maximum absolute atomic E-state index is 6.17. The number of thiophene rings is 1. The summed E-state index contributed by atoms with van der Waals surface area (Å²) < 4.78 is 0. The Morgan fingerprint density at radius 1 is 0.923 bits per heavy atom. The highest BCUT2D eigenvalue weighted by molar-refractivity contribution is 7.17. The van der Waals surface area contributed by atoms with Crippen molar-refractivity contribution in [2.45, 2.75) is 20.8 Å². The molecule has 0 saturated heterocycles. The van der Waals surface area contributed by atoms with Gasteiger partial charge in [0, 0.05) is 21.7 Å². The van der Waals surface area contributed by atoms with Crippen molar-refractivity contribution in [1.29, 1.82) is 0 Å². The van der Waals surface area contributed by atoms with Gasteiger partial charge in [0.1, 0.15) is 17.0 Å². The molecule has 0 aliphatic carbocycles. The second kappa shape index (κ2) is 6.71. The van der Waals surface area contributed by atoms with Gasteiger partial charge in [-0.25, -0.2) is 9.97 Å². The van der Waals surface area contributed by atoms with E-state index in [1.807, 2.05) is 18.2 Å². The van der Waals surface area contributed by atoms with Crippen LogP contribution < -0.4 is 5.32 Å². The van der Waals surface area contributed by atoms with Crippen molar-refractivity contribution in [2.75, 3.05) is 5.32 Å². The van der Waals surface area contributed by atoms with E-state index in [1.165, 1.54) is 16.7 Å². The molecule has 0 unspecified atom stereocenters. The van der Waals surface area contributed by atoms with Gasteiger partial charge in [-0.1, -0.05) is 41.4 Å². The summed E-state index contributed by atoms with van der Waals surface area (Å²) in [4.78, 5) is 9.95. The summed E-state index contributed by atoms with van der Waals surface area (Å²) in [5.74, 6) is 0.802. The van der Waals surface area contributed by atoms with Gasteiger partial charge < -0.3 is 5.32 Å². The predicted octanol–water partition coefficient (Wildman–Crippen LogP) is 6.68. The Kier molecular flexibility index (Phi) is 4.39. The number of fused-ring (bicyclic) bond motifs is 1. The van der Waals surface area contributed by atoms with Crippen molar-refractivity contribution in [3.05, 3.63) is 69.8 Å². The molecule has 3 nitrogen and oxygen atoms in total. The van der Waals surface area contributed by atoms with Gasteiger partial charge in [0.05, 0.1) is 5.39 Å². The van der Waals surface area contributed by atoms with Crippen LogP contribution in [0.1, 0.15) is 16.7 Å². The molecular formula is C21H18ClN3S. The largest absolute Gasteiger partial charge is 0.339 e. The Hall–Kier alpha value is -2.43. The molecule has 0 atom stereocenters. The summed E-state index contributed by atoms with van der Waals surface area (Å²) >= 11 is 7.81. The number of hydrogen-bond donors (Lipinski definition) is 1. The maximum atomic E-state index is 6.17. The zero-order chi connectivity index (χ0) is 18.3. The van der Waals surface area contributed by atoms with Gasteiger partial charge in [-0.15, -0.1) is 11.3 Å². The highest BCUT2D eigenvalue weighted by Gasteiger charge is 2.15. The van der Waals surface area contributed by atoms with Crippen LogP contribution in [0.2, 0.25) is 5.02 Å². The summed E-state index contributed by atoms with van der Waals surface area (Å²) in [5.41, 5.74) is 6.95. The number of halogens is 1. The molecule has 0 radical (unpaired) electrons. The SMILES string of the molecule is Cc1ccc(-c2csc3ncnc(Nc4cc(Cl)ccc4C)c23)c(C)c1. The first-order valence-corrected chi connectivity index (χ1v) is 9.61. The van der Waals surface area contributed by atoms with Crippen LogP contribution in [0.5, 0.6) is 0 Å². The molecule has 130 valence electrons. The van der Waals surface area contributed by atoms with Crippen molar-refractivity contribution in [3.8, 4) is 11.1 Å². The number of nitrogens with zero attached hydrogens (tertiary/aromatic N) is 2. The average molecular weight is 380 g/mol. The number of rotatable bonds is 3. The van der Waals surface area contributed by atoms with E-state index in [0.29, 0.717) is 5.02 Å². The van der Waals surface area contributed by atoms with Gasteiger partial charge in [0.15, 0.2) is 0 Å². The van der Waals surface area contributed by atoms with E-state index in [2.05, 4.69) is 59.6 Å². The molecule has 0 spiro atoms. The molecule has 0 bridgehead atoms. The first-order chi connectivity index (χ1) is 12.5. The lowest BCUT2D eigenvalue weighted by molar-refractivity contribution is 1.23. The van der Waals surface area contributed by atoms with E-state index in [0.717, 1.165) is 32.8 Å². The average Bonchev–Trinajstić information content (AvgIpc) is 3.03. The van der Waals surface area contributed by atoms with Gasteiger partial charge in [-0.2, -0.15) is 0 Å². The molecule has 0 fully saturated rings. The number of anilines is 2. The normalized spacial score (nSPS) is 11.1. The molecule has 1 N–H and O–H groups in total. The van der Waals surface area contributed by atoms with Crippen LogP contribution in [0.25, 0.3) is 21.3 Å². The van der Waals surface area contributed by atoms with Crippen molar-refractivity contribution in [2.24, 2.45) is 0 Å². The Bertz CT molecular complexity index is 1120. The second-order valence-corrected chi connectivity index (χ2v) is 7.75. The Morgan fingerprint density at radius 3 is 2.58 bits per heavy atom. The molecule has 4 aromatic rings. The van der Waals surface area contributed by atoms with Crippen LogP contribution in [0.3, 0.4) is 0 Å². The lowest BCUT2D eigenvalue weighted by Crippen LogP contribution is -1.97. The third-order valence-electron chi connectivity index (χ3n) is 4.50. The molecule has 2 aromatic heterocycles. The number of benzene rings is 2. The van der Waals surface area contributed by atoms with E-state index in [9.17, 15) is 0 Å². The molecule has 0 saturated carbocycles. The van der Waals surface area contributed by atoms with Gasteiger partial charge in [-0.05, 0) is 49.6 Å². The molecule has 0 amide bonds. The predicted molar refractivity (Wildman–Crippen MR) is 112 cm³/mol. The second-order valence-electron chi connectivity index (χ2n) is 6.45. The van der Waals surface area contributed by atoms with Crippen molar-refractivity contribution in [3.63, 3.8) is 0 Å². The first kappa shape index (κ1) is 17.0. The highest BCUT2D eigenvalue weighted by Crippen LogP contribution is 2.39. The highest BCUT2D eigenvalue weighted by atomic mass is 35.5. The number of hydrogen-bond acceptors (Lipinski definition) is 4. The van der Waals surface area contributed by atoms with Gasteiger partial charge in [0.25, 0.3) is 0 Å². The van der Waals surface area contributed by atoms with Gasteiger partial charge in [0.2, 0.25) is 0 Å². The van der Waals surface area contributed by atoms with Crippen molar-refractivity contribution < 1.29 is 0 Å². The summed E-state index contributed by atoms with van der Waals surface area (Å²) in [7, 11) is 0. The van der Waals surface area contributed by atoms with E-state index >= 15 is 0 Å². The van der Waals surface area contributed by atoms with Crippen LogP contribution in [-0.2, 0) is 0 Å². The third-order valence-corrected chi connectivity index (χ3v) is 5.62. The van der Waals surface area contributed by atoms with Crippen LogP contribution >= 0.6 is 22.9 Å². The molecule has 2 aromatic carbocycles. The lowest BCUT2D eigenvalue weighted by atomic mass is 9.99. The van der Waals surface area contributed by atoms with Crippen LogP contribution in [0.15, 0.2) is 48.1 Å². The van der Waals surface area contributed by atoms with E-state index in [4.69, 9.17) is 11.6 Å². The van der Waals surface area contributed by atoms with Gasteiger partial charge >= 0.3 is 0 Å². The molecule has 4 rings (SSSR count). The van der Waals surface area contributed by atoms with Crippen LogP contribution in [0.4, 0.5) is 11.5 Å². The number of aryl methyl sites for hydroxylation is 3. The zero-order valence-electron chi connectivity index (χ0n) is 14.8. The number of aromatic nitrogens is 2. The fraction of sp³-hybridized carbons (Fsp3) is 0.143. The molecule has 2 heterocycles. The molecule has 0 aliphatic rings. The fourth-order valence-electron chi connectivity index (χ4n) is 3.14. The van der Waals surface area contributed by atoms with Crippen LogP contribution in [-0.4, -0.2) is 9.97 Å².